The van der Waals surface area contributed by atoms with Crippen LogP contribution in [0.3, 0.4) is 0 Å². The lowest BCUT2D eigenvalue weighted by Gasteiger charge is -2.09. The first-order valence-corrected chi connectivity index (χ1v) is 6.02. The summed E-state index contributed by atoms with van der Waals surface area (Å²) in [5.74, 6) is -1.48. The fourth-order valence-electron chi connectivity index (χ4n) is 1.30. The first kappa shape index (κ1) is 16.1. The van der Waals surface area contributed by atoms with Crippen molar-refractivity contribution in [1.29, 1.82) is 0 Å². The Morgan fingerprint density at radius 3 is 2.50 bits per heavy atom. The van der Waals surface area contributed by atoms with Gasteiger partial charge in [-0.15, -0.1) is 12.4 Å². The van der Waals surface area contributed by atoms with E-state index in [0.717, 1.165) is 6.42 Å². The van der Waals surface area contributed by atoms with E-state index in [1.54, 1.807) is 34.7 Å². The molecule has 5 heteroatoms. The molecule has 0 saturated carbocycles. The Hall–Kier alpha value is 0.0600. The van der Waals surface area contributed by atoms with Crippen molar-refractivity contribution < 1.29 is 8.78 Å². The summed E-state index contributed by atoms with van der Waals surface area (Å²) in [6.45, 7) is 1.98. The SMILES string of the molecule is CCC(N)CCc1ccc(I)c(F)c1F.Cl. The van der Waals surface area contributed by atoms with Gasteiger partial charge < -0.3 is 5.73 Å². The van der Waals surface area contributed by atoms with E-state index in [-0.39, 0.29) is 18.4 Å². The van der Waals surface area contributed by atoms with Crippen molar-refractivity contribution in [3.8, 4) is 0 Å². The van der Waals surface area contributed by atoms with Crippen molar-refractivity contribution in [2.24, 2.45) is 5.73 Å². The molecule has 16 heavy (non-hydrogen) atoms. The Labute approximate surface area is 114 Å². The Balaban J connectivity index is 0.00000225. The topological polar surface area (TPSA) is 26.0 Å². The Bertz CT molecular complexity index is 347. The van der Waals surface area contributed by atoms with Gasteiger partial charge in [-0.25, -0.2) is 8.78 Å². The van der Waals surface area contributed by atoms with Gasteiger partial charge in [0, 0.05) is 6.04 Å². The van der Waals surface area contributed by atoms with Gasteiger partial charge in [-0.1, -0.05) is 13.0 Å². The zero-order valence-electron chi connectivity index (χ0n) is 8.97. The predicted molar refractivity (Wildman–Crippen MR) is 72.9 cm³/mol. The summed E-state index contributed by atoms with van der Waals surface area (Å²) in [5, 5.41) is 0. The number of benzene rings is 1. The number of hydrogen-bond donors (Lipinski definition) is 1. The van der Waals surface area contributed by atoms with Crippen molar-refractivity contribution >= 4 is 35.0 Å². The molecule has 0 aliphatic heterocycles. The van der Waals surface area contributed by atoms with E-state index in [9.17, 15) is 8.78 Å². The Morgan fingerprint density at radius 2 is 1.94 bits per heavy atom. The summed E-state index contributed by atoms with van der Waals surface area (Å²) in [7, 11) is 0. The highest BCUT2D eigenvalue weighted by Crippen LogP contribution is 2.19. The first-order chi connectivity index (χ1) is 7.06. The van der Waals surface area contributed by atoms with E-state index in [1.165, 1.54) is 0 Å². The molecular weight excluding hydrogens is 346 g/mol. The fourth-order valence-corrected chi connectivity index (χ4v) is 1.72. The summed E-state index contributed by atoms with van der Waals surface area (Å²) in [6, 6.07) is 3.28. The van der Waals surface area contributed by atoms with Crippen molar-refractivity contribution in [2.45, 2.75) is 32.2 Å². The normalized spacial score (nSPS) is 12.1. The zero-order valence-corrected chi connectivity index (χ0v) is 11.9. The summed E-state index contributed by atoms with van der Waals surface area (Å²) in [6.07, 6.45) is 2.04. The molecule has 0 aromatic heterocycles. The average molecular weight is 362 g/mol. The lowest BCUT2D eigenvalue weighted by molar-refractivity contribution is 0.487. The molecule has 1 atom stereocenters. The monoisotopic (exact) mass is 361 g/mol. The third kappa shape index (κ3) is 4.14. The number of halogens is 4. The van der Waals surface area contributed by atoms with Crippen molar-refractivity contribution in [1.82, 2.24) is 0 Å². The van der Waals surface area contributed by atoms with Gasteiger partial charge in [-0.3, -0.25) is 0 Å². The maximum absolute atomic E-state index is 13.4. The minimum Gasteiger partial charge on any atom is -0.328 e. The maximum atomic E-state index is 13.4. The van der Waals surface area contributed by atoms with Crippen molar-refractivity contribution in [3.63, 3.8) is 0 Å². The lowest BCUT2D eigenvalue weighted by Crippen LogP contribution is -2.19. The molecule has 1 aromatic rings. The van der Waals surface area contributed by atoms with Gasteiger partial charge >= 0.3 is 0 Å². The molecule has 0 saturated heterocycles. The molecular formula is C11H15ClF2IN. The zero-order chi connectivity index (χ0) is 11.4. The molecule has 0 amide bonds. The number of nitrogens with two attached hydrogens (primary N) is 1. The minimum atomic E-state index is -0.752. The lowest BCUT2D eigenvalue weighted by atomic mass is 10.0. The summed E-state index contributed by atoms with van der Waals surface area (Å²) >= 11 is 1.78. The number of aryl methyl sites for hydroxylation is 1. The average Bonchev–Trinajstić information content (AvgIpc) is 2.24. The van der Waals surface area contributed by atoms with E-state index in [4.69, 9.17) is 5.73 Å². The fraction of sp³-hybridized carbons (Fsp3) is 0.455. The van der Waals surface area contributed by atoms with Crippen LogP contribution in [-0.4, -0.2) is 6.04 Å². The Kier molecular flexibility index (Phi) is 7.43. The van der Waals surface area contributed by atoms with Crippen LogP contribution in [0.15, 0.2) is 12.1 Å². The molecule has 92 valence electrons. The maximum Gasteiger partial charge on any atom is 0.172 e. The van der Waals surface area contributed by atoms with Gasteiger partial charge in [0.2, 0.25) is 0 Å². The van der Waals surface area contributed by atoms with Crippen LogP contribution in [0.2, 0.25) is 0 Å². The highest BCUT2D eigenvalue weighted by molar-refractivity contribution is 14.1. The van der Waals surface area contributed by atoms with E-state index >= 15 is 0 Å². The molecule has 0 aliphatic rings. The van der Waals surface area contributed by atoms with Gasteiger partial charge in [0.25, 0.3) is 0 Å². The standard InChI is InChI=1S/C11H14F2IN.ClH/c1-2-8(15)5-3-7-4-6-9(14)11(13)10(7)12;/h4,6,8H,2-3,5,15H2,1H3;1H. The van der Waals surface area contributed by atoms with Crippen LogP contribution >= 0.6 is 35.0 Å². The van der Waals surface area contributed by atoms with E-state index in [2.05, 4.69) is 0 Å². The third-order valence-electron chi connectivity index (χ3n) is 2.42. The molecule has 2 N–H and O–H groups in total. The first-order valence-electron chi connectivity index (χ1n) is 4.94. The molecule has 0 fully saturated rings. The highest BCUT2D eigenvalue weighted by Gasteiger charge is 2.12. The summed E-state index contributed by atoms with van der Waals surface area (Å²) < 4.78 is 26.9. The Morgan fingerprint density at radius 1 is 1.31 bits per heavy atom. The molecule has 1 aromatic carbocycles. The van der Waals surface area contributed by atoms with Crippen molar-refractivity contribution in [3.05, 3.63) is 32.9 Å². The van der Waals surface area contributed by atoms with E-state index in [1.807, 2.05) is 6.92 Å². The van der Waals surface area contributed by atoms with Crippen molar-refractivity contribution in [2.75, 3.05) is 0 Å². The molecule has 1 unspecified atom stereocenters. The van der Waals surface area contributed by atoms with Crippen LogP contribution in [0.25, 0.3) is 0 Å². The van der Waals surface area contributed by atoms with Gasteiger partial charge in [-0.05, 0) is 53.5 Å². The van der Waals surface area contributed by atoms with Crippen LogP contribution in [0.4, 0.5) is 8.78 Å². The van der Waals surface area contributed by atoms with Crippen LogP contribution in [-0.2, 0) is 6.42 Å². The van der Waals surface area contributed by atoms with E-state index < -0.39 is 11.6 Å². The van der Waals surface area contributed by atoms with Gasteiger partial charge in [-0.2, -0.15) is 0 Å². The smallest absolute Gasteiger partial charge is 0.172 e. The van der Waals surface area contributed by atoms with Crippen LogP contribution in [0.1, 0.15) is 25.3 Å². The third-order valence-corrected chi connectivity index (χ3v) is 3.26. The van der Waals surface area contributed by atoms with Crippen LogP contribution < -0.4 is 5.73 Å². The second-order valence-corrected chi connectivity index (χ2v) is 4.70. The van der Waals surface area contributed by atoms with E-state index in [0.29, 0.717) is 22.0 Å². The molecule has 0 radical (unpaired) electrons. The molecule has 0 aliphatic carbocycles. The largest absolute Gasteiger partial charge is 0.328 e. The number of rotatable bonds is 4. The molecule has 1 nitrogen and oxygen atoms in total. The summed E-state index contributed by atoms with van der Waals surface area (Å²) in [4.78, 5) is 0. The van der Waals surface area contributed by atoms with Crippen LogP contribution in [0, 0.1) is 15.2 Å². The second kappa shape index (κ2) is 7.40. The second-order valence-electron chi connectivity index (χ2n) is 3.54. The quantitative estimate of drug-likeness (QED) is 0.643. The van der Waals surface area contributed by atoms with Gasteiger partial charge in [0.15, 0.2) is 11.6 Å². The molecule has 0 bridgehead atoms. The summed E-state index contributed by atoms with van der Waals surface area (Å²) in [5.41, 5.74) is 6.13. The highest BCUT2D eigenvalue weighted by atomic mass is 127. The molecule has 0 heterocycles. The van der Waals surface area contributed by atoms with Gasteiger partial charge in [0.05, 0.1) is 3.57 Å². The van der Waals surface area contributed by atoms with Gasteiger partial charge in [0.1, 0.15) is 0 Å². The molecule has 0 spiro atoms. The minimum absolute atomic E-state index is 0. The number of hydrogen-bond acceptors (Lipinski definition) is 1. The van der Waals surface area contributed by atoms with Crippen LogP contribution in [0.5, 0.6) is 0 Å². The molecule has 1 rings (SSSR count). The predicted octanol–water partition coefficient (Wildman–Crippen LogP) is 3.66.